The molecule has 0 N–H and O–H groups in total. The highest BCUT2D eigenvalue weighted by molar-refractivity contribution is 7.99. The van der Waals surface area contributed by atoms with Crippen molar-refractivity contribution in [3.8, 4) is 0 Å². The Morgan fingerprint density at radius 1 is 0.727 bits per heavy atom. The molecule has 0 fully saturated rings. The first kappa shape index (κ1) is 14.6. The molecule has 3 aromatic rings. The van der Waals surface area contributed by atoms with Crippen molar-refractivity contribution < 1.29 is 4.79 Å². The predicted octanol–water partition coefficient (Wildman–Crippen LogP) is 5.38. The van der Waals surface area contributed by atoms with Crippen LogP contribution in [0.4, 0.5) is 0 Å². The molecule has 0 bridgehead atoms. The second kappa shape index (κ2) is 6.63. The van der Waals surface area contributed by atoms with Gasteiger partial charge < -0.3 is 0 Å². The van der Waals surface area contributed by atoms with E-state index in [2.05, 4.69) is 31.2 Å². The Morgan fingerprint density at radius 3 is 2.09 bits per heavy atom. The summed E-state index contributed by atoms with van der Waals surface area (Å²) in [7, 11) is 0. The van der Waals surface area contributed by atoms with E-state index < -0.39 is 0 Å². The van der Waals surface area contributed by atoms with Gasteiger partial charge in [0.2, 0.25) is 0 Å². The molecule has 0 aromatic heterocycles. The number of ketones is 1. The molecular weight excluding hydrogens is 288 g/mol. The first-order chi connectivity index (χ1) is 10.7. The summed E-state index contributed by atoms with van der Waals surface area (Å²) in [5.74, 6) is 0.0627. The van der Waals surface area contributed by atoms with Crippen molar-refractivity contribution in [1.29, 1.82) is 0 Å². The average molecular weight is 304 g/mol. The Bertz CT molecular complexity index is 776. The summed E-state index contributed by atoms with van der Waals surface area (Å²) in [5.41, 5.74) is 2.70. The first-order valence-corrected chi connectivity index (χ1v) is 7.98. The van der Waals surface area contributed by atoms with Crippen LogP contribution >= 0.6 is 11.8 Å². The third-order valence-corrected chi connectivity index (χ3v) is 4.38. The summed E-state index contributed by atoms with van der Waals surface area (Å²) in [6.45, 7) is 2.09. The smallest absolute Gasteiger partial charge is 0.193 e. The molecule has 0 unspecified atom stereocenters. The van der Waals surface area contributed by atoms with Crippen LogP contribution in [-0.2, 0) is 0 Å². The van der Waals surface area contributed by atoms with Crippen LogP contribution in [0.3, 0.4) is 0 Å². The third kappa shape index (κ3) is 3.46. The van der Waals surface area contributed by atoms with Crippen molar-refractivity contribution in [2.45, 2.75) is 16.7 Å². The minimum atomic E-state index is 0.0627. The van der Waals surface area contributed by atoms with E-state index >= 15 is 0 Å². The van der Waals surface area contributed by atoms with Gasteiger partial charge in [-0.15, -0.1) is 0 Å². The number of rotatable bonds is 4. The highest BCUT2D eigenvalue weighted by Crippen LogP contribution is 2.28. The van der Waals surface area contributed by atoms with Crippen molar-refractivity contribution in [1.82, 2.24) is 0 Å². The van der Waals surface area contributed by atoms with E-state index in [1.165, 1.54) is 10.5 Å². The van der Waals surface area contributed by atoms with E-state index in [0.717, 1.165) is 16.0 Å². The normalized spacial score (nSPS) is 10.4. The van der Waals surface area contributed by atoms with Crippen LogP contribution in [0, 0.1) is 6.92 Å². The van der Waals surface area contributed by atoms with Crippen molar-refractivity contribution in [2.24, 2.45) is 0 Å². The van der Waals surface area contributed by atoms with Gasteiger partial charge in [0.1, 0.15) is 0 Å². The lowest BCUT2D eigenvalue weighted by molar-refractivity contribution is 0.103. The molecule has 0 amide bonds. The van der Waals surface area contributed by atoms with Crippen LogP contribution in [0.5, 0.6) is 0 Å². The molecule has 2 heteroatoms. The van der Waals surface area contributed by atoms with E-state index in [0.29, 0.717) is 0 Å². The van der Waals surface area contributed by atoms with Crippen LogP contribution in [0.25, 0.3) is 0 Å². The van der Waals surface area contributed by atoms with Crippen LogP contribution < -0.4 is 0 Å². The lowest BCUT2D eigenvalue weighted by Crippen LogP contribution is -2.00. The Labute approximate surface area is 135 Å². The van der Waals surface area contributed by atoms with Gasteiger partial charge in [-0.3, -0.25) is 4.79 Å². The fraction of sp³-hybridized carbons (Fsp3) is 0.0500. The van der Waals surface area contributed by atoms with E-state index in [4.69, 9.17) is 0 Å². The molecule has 0 radical (unpaired) electrons. The molecule has 3 rings (SSSR count). The quantitative estimate of drug-likeness (QED) is 0.602. The second-order valence-corrected chi connectivity index (χ2v) is 6.29. The first-order valence-electron chi connectivity index (χ1n) is 7.17. The van der Waals surface area contributed by atoms with Gasteiger partial charge >= 0.3 is 0 Å². The standard InChI is InChI=1S/C20H16OS/c1-15-6-5-9-19(14-15)22-18-12-10-17(11-13-18)20(21)16-7-3-2-4-8-16/h2-14H,1H3. The van der Waals surface area contributed by atoms with E-state index in [-0.39, 0.29) is 5.78 Å². The lowest BCUT2D eigenvalue weighted by atomic mass is 10.0. The molecule has 108 valence electrons. The molecule has 1 nitrogen and oxygen atoms in total. The molecule has 22 heavy (non-hydrogen) atoms. The van der Waals surface area contributed by atoms with Crippen LogP contribution in [-0.4, -0.2) is 5.78 Å². The SMILES string of the molecule is Cc1cccc(Sc2ccc(C(=O)c3ccccc3)cc2)c1. The zero-order valence-electron chi connectivity index (χ0n) is 12.3. The van der Waals surface area contributed by atoms with E-state index in [1.807, 2.05) is 54.6 Å². The Balaban J connectivity index is 1.77. The predicted molar refractivity (Wildman–Crippen MR) is 91.6 cm³/mol. The summed E-state index contributed by atoms with van der Waals surface area (Å²) in [5, 5.41) is 0. The topological polar surface area (TPSA) is 17.1 Å². The lowest BCUT2D eigenvalue weighted by Gasteiger charge is -2.05. The van der Waals surface area contributed by atoms with Crippen LogP contribution in [0.2, 0.25) is 0 Å². The molecule has 0 aliphatic rings. The summed E-state index contributed by atoms with van der Waals surface area (Å²) in [6, 6.07) is 25.6. The maximum atomic E-state index is 12.4. The third-order valence-electron chi connectivity index (χ3n) is 3.38. The fourth-order valence-electron chi connectivity index (χ4n) is 2.25. The van der Waals surface area contributed by atoms with Gasteiger partial charge in [-0.1, -0.05) is 59.8 Å². The Hall–Kier alpha value is -2.32. The summed E-state index contributed by atoms with van der Waals surface area (Å²) in [4.78, 5) is 14.7. The largest absolute Gasteiger partial charge is 0.289 e. The van der Waals surface area contributed by atoms with Crippen molar-refractivity contribution in [3.63, 3.8) is 0 Å². The van der Waals surface area contributed by atoms with Gasteiger partial charge in [-0.2, -0.15) is 0 Å². The minimum absolute atomic E-state index is 0.0627. The molecule has 3 aromatic carbocycles. The van der Waals surface area contributed by atoms with Crippen LogP contribution in [0.15, 0.2) is 88.7 Å². The number of carbonyl (C=O) groups is 1. The number of hydrogen-bond donors (Lipinski definition) is 0. The molecule has 0 atom stereocenters. The zero-order valence-corrected chi connectivity index (χ0v) is 13.1. The van der Waals surface area contributed by atoms with Gasteiger partial charge in [0.25, 0.3) is 0 Å². The Kier molecular flexibility index (Phi) is 4.40. The summed E-state index contributed by atoms with van der Waals surface area (Å²) < 4.78 is 0. The highest BCUT2D eigenvalue weighted by atomic mass is 32.2. The van der Waals surface area contributed by atoms with E-state index in [1.54, 1.807) is 11.8 Å². The molecule has 0 spiro atoms. The minimum Gasteiger partial charge on any atom is -0.289 e. The Morgan fingerprint density at radius 2 is 1.41 bits per heavy atom. The van der Waals surface area contributed by atoms with Gasteiger partial charge in [-0.25, -0.2) is 0 Å². The number of hydrogen-bond acceptors (Lipinski definition) is 2. The summed E-state index contributed by atoms with van der Waals surface area (Å²) >= 11 is 1.71. The van der Waals surface area contributed by atoms with E-state index in [9.17, 15) is 4.79 Å². The maximum absolute atomic E-state index is 12.4. The molecular formula is C20H16OS. The number of carbonyl (C=O) groups excluding carboxylic acids is 1. The molecule has 0 saturated heterocycles. The number of benzene rings is 3. The summed E-state index contributed by atoms with van der Waals surface area (Å²) in [6.07, 6.45) is 0. The van der Waals surface area contributed by atoms with Gasteiger partial charge in [0.05, 0.1) is 0 Å². The van der Waals surface area contributed by atoms with Crippen molar-refractivity contribution in [2.75, 3.05) is 0 Å². The van der Waals surface area contributed by atoms with Crippen molar-refractivity contribution in [3.05, 3.63) is 95.6 Å². The molecule has 0 aliphatic carbocycles. The highest BCUT2D eigenvalue weighted by Gasteiger charge is 2.08. The zero-order chi connectivity index (χ0) is 15.4. The molecule has 0 saturated carbocycles. The second-order valence-electron chi connectivity index (χ2n) is 5.14. The maximum Gasteiger partial charge on any atom is 0.193 e. The molecule has 0 heterocycles. The monoisotopic (exact) mass is 304 g/mol. The number of aryl methyl sites for hydroxylation is 1. The average Bonchev–Trinajstić information content (AvgIpc) is 2.56. The van der Waals surface area contributed by atoms with Crippen LogP contribution in [0.1, 0.15) is 21.5 Å². The fourth-order valence-corrected chi connectivity index (χ4v) is 3.18. The van der Waals surface area contributed by atoms with Gasteiger partial charge in [0.15, 0.2) is 5.78 Å². The van der Waals surface area contributed by atoms with Gasteiger partial charge in [-0.05, 0) is 43.3 Å². The van der Waals surface area contributed by atoms with Gasteiger partial charge in [0, 0.05) is 20.9 Å². The van der Waals surface area contributed by atoms with Crippen molar-refractivity contribution >= 4 is 17.5 Å². The molecule has 0 aliphatic heterocycles.